The monoisotopic (exact) mass is 240 g/mol. The number of nitrogens with zero attached hydrogens (tertiary/aromatic N) is 1. The van der Waals surface area contributed by atoms with Gasteiger partial charge in [-0.3, -0.25) is 10.1 Å². The lowest BCUT2D eigenvalue weighted by Gasteiger charge is -2.21. The van der Waals surface area contributed by atoms with Crippen LogP contribution in [0.2, 0.25) is 0 Å². The highest BCUT2D eigenvalue weighted by Crippen LogP contribution is 2.41. The molecule has 0 saturated carbocycles. The fraction of sp³-hybridized carbons (Fsp3) is 0.143. The van der Waals surface area contributed by atoms with Gasteiger partial charge < -0.3 is 5.32 Å². The summed E-state index contributed by atoms with van der Waals surface area (Å²) < 4.78 is 0. The zero-order chi connectivity index (χ0) is 12.7. The molecule has 0 saturated heterocycles. The second kappa shape index (κ2) is 3.84. The lowest BCUT2D eigenvalue weighted by Crippen LogP contribution is -2.10. The fourth-order valence-electron chi connectivity index (χ4n) is 2.41. The van der Waals surface area contributed by atoms with Crippen LogP contribution in [0.3, 0.4) is 0 Å². The van der Waals surface area contributed by atoms with E-state index in [0.29, 0.717) is 6.54 Å². The van der Waals surface area contributed by atoms with Crippen molar-refractivity contribution in [2.45, 2.75) is 13.5 Å². The van der Waals surface area contributed by atoms with Gasteiger partial charge in [0.05, 0.1) is 10.5 Å². The topological polar surface area (TPSA) is 55.2 Å². The van der Waals surface area contributed by atoms with Crippen LogP contribution < -0.4 is 5.32 Å². The van der Waals surface area contributed by atoms with Crippen molar-refractivity contribution in [3.05, 3.63) is 57.6 Å². The van der Waals surface area contributed by atoms with Gasteiger partial charge in [-0.25, -0.2) is 0 Å². The van der Waals surface area contributed by atoms with E-state index in [2.05, 4.69) is 5.32 Å². The van der Waals surface area contributed by atoms with Gasteiger partial charge in [-0.1, -0.05) is 23.8 Å². The molecule has 0 aliphatic carbocycles. The fourth-order valence-corrected chi connectivity index (χ4v) is 2.41. The lowest BCUT2D eigenvalue weighted by atomic mass is 9.92. The molecule has 1 aliphatic rings. The maximum absolute atomic E-state index is 11.2. The first-order valence-corrected chi connectivity index (χ1v) is 5.78. The zero-order valence-corrected chi connectivity index (χ0v) is 9.93. The van der Waals surface area contributed by atoms with E-state index in [-0.39, 0.29) is 10.6 Å². The van der Waals surface area contributed by atoms with Gasteiger partial charge in [0.15, 0.2) is 0 Å². The molecule has 1 N–H and O–H groups in total. The summed E-state index contributed by atoms with van der Waals surface area (Å²) in [5.74, 6) is 0. The predicted molar refractivity (Wildman–Crippen MR) is 70.6 cm³/mol. The molecular weight excluding hydrogens is 228 g/mol. The molecule has 1 aliphatic heterocycles. The first-order valence-electron chi connectivity index (χ1n) is 5.78. The minimum absolute atomic E-state index is 0.181. The van der Waals surface area contributed by atoms with Gasteiger partial charge in [0, 0.05) is 23.9 Å². The van der Waals surface area contributed by atoms with Crippen molar-refractivity contribution >= 4 is 11.4 Å². The quantitative estimate of drug-likeness (QED) is 0.613. The minimum Gasteiger partial charge on any atom is -0.380 e. The van der Waals surface area contributed by atoms with Crippen molar-refractivity contribution in [1.82, 2.24) is 0 Å². The van der Waals surface area contributed by atoms with Gasteiger partial charge in [0.1, 0.15) is 0 Å². The normalized spacial score (nSPS) is 12.3. The highest BCUT2D eigenvalue weighted by molar-refractivity contribution is 5.88. The molecule has 3 rings (SSSR count). The molecule has 18 heavy (non-hydrogen) atoms. The molecule has 0 radical (unpaired) electrons. The third-order valence-corrected chi connectivity index (χ3v) is 3.24. The van der Waals surface area contributed by atoms with E-state index >= 15 is 0 Å². The van der Waals surface area contributed by atoms with Crippen molar-refractivity contribution in [2.24, 2.45) is 0 Å². The van der Waals surface area contributed by atoms with Crippen molar-refractivity contribution in [1.29, 1.82) is 0 Å². The van der Waals surface area contributed by atoms with Crippen molar-refractivity contribution in [2.75, 3.05) is 5.32 Å². The molecule has 0 bridgehead atoms. The Balaban J connectivity index is 2.33. The Morgan fingerprint density at radius 2 is 2.11 bits per heavy atom. The van der Waals surface area contributed by atoms with Crippen molar-refractivity contribution < 1.29 is 4.92 Å². The number of nitrogens with one attached hydrogen (secondary N) is 1. The number of fused-ring (bicyclic) bond motifs is 3. The Bertz CT molecular complexity index is 650. The van der Waals surface area contributed by atoms with Crippen LogP contribution in [0.5, 0.6) is 0 Å². The number of benzene rings is 2. The van der Waals surface area contributed by atoms with Crippen LogP contribution in [0.4, 0.5) is 11.4 Å². The Labute approximate surface area is 104 Å². The smallest absolute Gasteiger partial charge is 0.277 e. The summed E-state index contributed by atoms with van der Waals surface area (Å²) in [5, 5.41) is 14.4. The number of aryl methyl sites for hydroxylation is 1. The third kappa shape index (κ3) is 1.54. The second-order valence-corrected chi connectivity index (χ2v) is 4.47. The Kier molecular flexibility index (Phi) is 2.30. The van der Waals surface area contributed by atoms with Gasteiger partial charge in [0.25, 0.3) is 5.69 Å². The maximum atomic E-state index is 11.2. The molecule has 90 valence electrons. The first kappa shape index (κ1) is 10.8. The average Bonchev–Trinajstić information content (AvgIpc) is 2.37. The number of anilines is 1. The summed E-state index contributed by atoms with van der Waals surface area (Å²) in [4.78, 5) is 10.8. The van der Waals surface area contributed by atoms with E-state index in [1.54, 1.807) is 12.1 Å². The minimum atomic E-state index is -0.309. The van der Waals surface area contributed by atoms with E-state index in [0.717, 1.165) is 27.9 Å². The second-order valence-electron chi connectivity index (χ2n) is 4.47. The summed E-state index contributed by atoms with van der Waals surface area (Å²) in [7, 11) is 0. The van der Waals surface area contributed by atoms with E-state index in [4.69, 9.17) is 0 Å². The number of nitro groups is 1. The Hall–Kier alpha value is -2.36. The molecule has 0 aromatic heterocycles. The Morgan fingerprint density at radius 3 is 2.89 bits per heavy atom. The molecule has 2 aromatic rings. The van der Waals surface area contributed by atoms with Gasteiger partial charge in [-0.05, 0) is 24.6 Å². The van der Waals surface area contributed by atoms with Crippen LogP contribution in [0, 0.1) is 17.0 Å². The number of hydrogen-bond acceptors (Lipinski definition) is 3. The van der Waals surface area contributed by atoms with Crippen LogP contribution in [0.1, 0.15) is 11.1 Å². The van der Waals surface area contributed by atoms with Gasteiger partial charge in [-0.15, -0.1) is 0 Å². The van der Waals surface area contributed by atoms with Crippen molar-refractivity contribution in [3.63, 3.8) is 0 Å². The largest absolute Gasteiger partial charge is 0.380 e. The van der Waals surface area contributed by atoms with E-state index in [9.17, 15) is 10.1 Å². The summed E-state index contributed by atoms with van der Waals surface area (Å²) in [6.07, 6.45) is 0. The standard InChI is InChI=1S/C14H12N2O2/c1-9-5-6-12-11(7-9)14-10(8-15-12)3-2-4-13(14)16(17)18/h2-7,15H,8H2,1H3. The highest BCUT2D eigenvalue weighted by atomic mass is 16.6. The number of rotatable bonds is 1. The van der Waals surface area contributed by atoms with Crippen molar-refractivity contribution in [3.8, 4) is 11.1 Å². The Morgan fingerprint density at radius 1 is 1.28 bits per heavy atom. The van der Waals surface area contributed by atoms with E-state index in [1.807, 2.05) is 31.2 Å². The molecule has 4 nitrogen and oxygen atoms in total. The molecule has 0 fully saturated rings. The zero-order valence-electron chi connectivity index (χ0n) is 9.93. The van der Waals surface area contributed by atoms with Gasteiger partial charge >= 0.3 is 0 Å². The molecule has 4 heteroatoms. The van der Waals surface area contributed by atoms with Gasteiger partial charge in [-0.2, -0.15) is 0 Å². The summed E-state index contributed by atoms with van der Waals surface area (Å²) in [5.41, 5.74) is 4.88. The number of hydrogen-bond donors (Lipinski definition) is 1. The van der Waals surface area contributed by atoms with Crippen LogP contribution in [-0.2, 0) is 6.54 Å². The van der Waals surface area contributed by atoms with Crippen LogP contribution >= 0.6 is 0 Å². The number of nitro benzene ring substituents is 1. The maximum Gasteiger partial charge on any atom is 0.277 e. The van der Waals surface area contributed by atoms with Crippen LogP contribution in [0.25, 0.3) is 11.1 Å². The molecule has 0 spiro atoms. The molecule has 0 atom stereocenters. The molecule has 1 heterocycles. The van der Waals surface area contributed by atoms with Crippen LogP contribution in [-0.4, -0.2) is 4.92 Å². The molecular formula is C14H12N2O2. The highest BCUT2D eigenvalue weighted by Gasteiger charge is 2.24. The molecule has 2 aromatic carbocycles. The van der Waals surface area contributed by atoms with Gasteiger partial charge in [0.2, 0.25) is 0 Å². The first-order chi connectivity index (χ1) is 8.66. The predicted octanol–water partition coefficient (Wildman–Crippen LogP) is 3.50. The summed E-state index contributed by atoms with van der Waals surface area (Å²) in [6.45, 7) is 2.62. The molecule has 0 unspecified atom stereocenters. The average molecular weight is 240 g/mol. The summed E-state index contributed by atoms with van der Waals surface area (Å²) >= 11 is 0. The molecule has 0 amide bonds. The lowest BCUT2D eigenvalue weighted by molar-refractivity contribution is -0.384. The van der Waals surface area contributed by atoms with E-state index in [1.165, 1.54) is 0 Å². The van der Waals surface area contributed by atoms with Crippen LogP contribution in [0.15, 0.2) is 36.4 Å². The summed E-state index contributed by atoms with van der Waals surface area (Å²) in [6, 6.07) is 11.2. The van der Waals surface area contributed by atoms with E-state index < -0.39 is 0 Å². The third-order valence-electron chi connectivity index (χ3n) is 3.24. The SMILES string of the molecule is Cc1ccc2c(c1)-c1c(cccc1[N+](=O)[O-])CN2.